The molecule has 0 amide bonds. The fourth-order valence-electron chi connectivity index (χ4n) is 4.03. The van der Waals surface area contributed by atoms with Crippen molar-refractivity contribution < 1.29 is 5.21 Å². The number of hydrogen-bond acceptors (Lipinski definition) is 2. The van der Waals surface area contributed by atoms with Gasteiger partial charge in [-0.2, -0.15) is 5.06 Å². The maximum absolute atomic E-state index is 9.97. The second-order valence-electron chi connectivity index (χ2n) is 9.02. The van der Waals surface area contributed by atoms with Crippen molar-refractivity contribution in [2.45, 2.75) is 155 Å². The molecule has 2 heteroatoms. The van der Waals surface area contributed by atoms with E-state index in [-0.39, 0.29) is 0 Å². The molecule has 0 radical (unpaired) electrons. The average Bonchev–Trinajstić information content (AvgIpc) is 2.70. The lowest BCUT2D eigenvalue weighted by Gasteiger charge is -2.14. The van der Waals surface area contributed by atoms with Crippen LogP contribution in [-0.4, -0.2) is 23.4 Å². The molecule has 1 N–H and O–H groups in total. The molecule has 0 aliphatic carbocycles. The molecule has 0 aromatic carbocycles. The van der Waals surface area contributed by atoms with E-state index < -0.39 is 0 Å². The van der Waals surface area contributed by atoms with Crippen LogP contribution >= 0.6 is 0 Å². The molecule has 0 saturated carbocycles. The van der Waals surface area contributed by atoms with Gasteiger partial charge in [0.05, 0.1) is 0 Å². The van der Waals surface area contributed by atoms with E-state index in [0.717, 1.165) is 25.9 Å². The van der Waals surface area contributed by atoms with Gasteiger partial charge in [0.15, 0.2) is 0 Å². The maximum atomic E-state index is 9.97. The van der Waals surface area contributed by atoms with E-state index in [2.05, 4.69) is 13.8 Å². The molecular formula is C26H55NO. The van der Waals surface area contributed by atoms with Gasteiger partial charge in [0.1, 0.15) is 0 Å². The van der Waals surface area contributed by atoms with Gasteiger partial charge in [0.2, 0.25) is 0 Å². The number of hydroxylamine groups is 2. The smallest absolute Gasteiger partial charge is 0.0238 e. The van der Waals surface area contributed by atoms with Gasteiger partial charge in [0, 0.05) is 13.1 Å². The van der Waals surface area contributed by atoms with Crippen molar-refractivity contribution in [2.75, 3.05) is 13.1 Å². The van der Waals surface area contributed by atoms with Crippen molar-refractivity contribution in [3.63, 3.8) is 0 Å². The SMILES string of the molecule is CCCCCCCCCCCCCCN(O)CCCCCCCCCCCC. The molecule has 0 rings (SSSR count). The topological polar surface area (TPSA) is 23.5 Å². The lowest BCUT2D eigenvalue weighted by Crippen LogP contribution is -2.21. The molecule has 0 atom stereocenters. The third-order valence-electron chi connectivity index (χ3n) is 6.04. The largest absolute Gasteiger partial charge is 0.314 e. The highest BCUT2D eigenvalue weighted by molar-refractivity contribution is 4.52. The van der Waals surface area contributed by atoms with Crippen LogP contribution < -0.4 is 0 Å². The quantitative estimate of drug-likeness (QED) is 0.129. The van der Waals surface area contributed by atoms with Crippen LogP contribution in [0.4, 0.5) is 0 Å². The fourth-order valence-corrected chi connectivity index (χ4v) is 4.03. The Morgan fingerprint density at radius 2 is 0.571 bits per heavy atom. The Balaban J connectivity index is 3.12. The van der Waals surface area contributed by atoms with Crippen LogP contribution in [0.3, 0.4) is 0 Å². The summed E-state index contributed by atoms with van der Waals surface area (Å²) in [5.74, 6) is 0. The highest BCUT2D eigenvalue weighted by atomic mass is 16.5. The van der Waals surface area contributed by atoms with E-state index in [4.69, 9.17) is 0 Å². The second kappa shape index (κ2) is 25.0. The number of nitrogens with zero attached hydrogens (tertiary/aromatic N) is 1. The van der Waals surface area contributed by atoms with Gasteiger partial charge in [-0.1, -0.05) is 142 Å². The molecule has 0 heterocycles. The van der Waals surface area contributed by atoms with E-state index in [1.807, 2.05) is 0 Å². The molecule has 0 aliphatic rings. The predicted molar refractivity (Wildman–Crippen MR) is 126 cm³/mol. The van der Waals surface area contributed by atoms with Gasteiger partial charge in [-0.15, -0.1) is 0 Å². The minimum absolute atomic E-state index is 0.870. The molecule has 0 spiro atoms. The highest BCUT2D eigenvalue weighted by Gasteiger charge is 2.00. The Morgan fingerprint density at radius 1 is 0.357 bits per heavy atom. The van der Waals surface area contributed by atoms with Gasteiger partial charge in [0.25, 0.3) is 0 Å². The van der Waals surface area contributed by atoms with Crippen LogP contribution in [0.2, 0.25) is 0 Å². The first-order valence-corrected chi connectivity index (χ1v) is 13.2. The Bertz CT molecular complexity index is 269. The Labute approximate surface area is 178 Å². The van der Waals surface area contributed by atoms with Gasteiger partial charge in [-0.3, -0.25) is 0 Å². The van der Waals surface area contributed by atoms with Crippen molar-refractivity contribution in [1.82, 2.24) is 5.06 Å². The Kier molecular flexibility index (Phi) is 24.9. The summed E-state index contributed by atoms with van der Waals surface area (Å²) in [5.41, 5.74) is 0. The van der Waals surface area contributed by atoms with Crippen molar-refractivity contribution in [3.8, 4) is 0 Å². The molecule has 28 heavy (non-hydrogen) atoms. The Morgan fingerprint density at radius 3 is 0.821 bits per heavy atom. The minimum Gasteiger partial charge on any atom is -0.314 e. The van der Waals surface area contributed by atoms with Crippen LogP contribution in [0.5, 0.6) is 0 Å². The van der Waals surface area contributed by atoms with Crippen molar-refractivity contribution in [2.24, 2.45) is 0 Å². The third kappa shape index (κ3) is 24.0. The number of unbranched alkanes of at least 4 members (excludes halogenated alkanes) is 20. The summed E-state index contributed by atoms with van der Waals surface area (Å²) < 4.78 is 0. The van der Waals surface area contributed by atoms with E-state index in [1.54, 1.807) is 5.06 Å². The average molecular weight is 398 g/mol. The lowest BCUT2D eigenvalue weighted by atomic mass is 10.1. The standard InChI is InChI=1S/C26H55NO/c1-3-5-7-9-11-13-15-16-18-20-22-24-26-27(28)25-23-21-19-17-14-12-10-8-6-4-2/h28H,3-26H2,1-2H3. The summed E-state index contributed by atoms with van der Waals surface area (Å²) in [6.45, 7) is 6.31. The maximum Gasteiger partial charge on any atom is 0.0238 e. The van der Waals surface area contributed by atoms with E-state index in [1.165, 1.54) is 128 Å². The van der Waals surface area contributed by atoms with Crippen LogP contribution in [0, 0.1) is 0 Å². The molecule has 0 fully saturated rings. The normalized spacial score (nSPS) is 11.6. The highest BCUT2D eigenvalue weighted by Crippen LogP contribution is 2.13. The third-order valence-corrected chi connectivity index (χ3v) is 6.04. The molecule has 2 nitrogen and oxygen atoms in total. The summed E-state index contributed by atoms with van der Waals surface area (Å²) >= 11 is 0. The molecule has 0 saturated heterocycles. The van der Waals surface area contributed by atoms with Gasteiger partial charge in [-0.25, -0.2) is 0 Å². The van der Waals surface area contributed by atoms with Crippen LogP contribution in [0.1, 0.15) is 155 Å². The monoisotopic (exact) mass is 397 g/mol. The van der Waals surface area contributed by atoms with Crippen molar-refractivity contribution in [1.29, 1.82) is 0 Å². The molecule has 170 valence electrons. The van der Waals surface area contributed by atoms with Gasteiger partial charge in [-0.05, 0) is 12.8 Å². The molecule has 0 bridgehead atoms. The van der Waals surface area contributed by atoms with E-state index in [9.17, 15) is 5.21 Å². The molecular weight excluding hydrogens is 342 g/mol. The predicted octanol–water partition coefficient (Wildman–Crippen LogP) is 9.30. The number of hydrogen-bond donors (Lipinski definition) is 1. The fraction of sp³-hybridized carbons (Fsp3) is 1.00. The van der Waals surface area contributed by atoms with Crippen molar-refractivity contribution >= 4 is 0 Å². The first-order chi connectivity index (χ1) is 13.8. The zero-order chi connectivity index (χ0) is 20.5. The lowest BCUT2D eigenvalue weighted by molar-refractivity contribution is -0.0925. The summed E-state index contributed by atoms with van der Waals surface area (Å²) in [6.07, 6.45) is 30.2. The van der Waals surface area contributed by atoms with E-state index >= 15 is 0 Å². The summed E-state index contributed by atoms with van der Waals surface area (Å²) in [4.78, 5) is 0. The summed E-state index contributed by atoms with van der Waals surface area (Å²) in [7, 11) is 0. The van der Waals surface area contributed by atoms with Gasteiger partial charge >= 0.3 is 0 Å². The van der Waals surface area contributed by atoms with Crippen LogP contribution in [0.25, 0.3) is 0 Å². The Hall–Kier alpha value is -0.0800. The number of rotatable bonds is 24. The van der Waals surface area contributed by atoms with E-state index in [0.29, 0.717) is 0 Å². The second-order valence-corrected chi connectivity index (χ2v) is 9.02. The first kappa shape index (κ1) is 27.9. The first-order valence-electron chi connectivity index (χ1n) is 13.2. The summed E-state index contributed by atoms with van der Waals surface area (Å²) in [5, 5.41) is 11.5. The van der Waals surface area contributed by atoms with Crippen LogP contribution in [-0.2, 0) is 0 Å². The summed E-state index contributed by atoms with van der Waals surface area (Å²) in [6, 6.07) is 0. The zero-order valence-corrected chi connectivity index (χ0v) is 19.9. The minimum atomic E-state index is 0.870. The van der Waals surface area contributed by atoms with Crippen LogP contribution in [0.15, 0.2) is 0 Å². The molecule has 0 aliphatic heterocycles. The van der Waals surface area contributed by atoms with Crippen molar-refractivity contribution in [3.05, 3.63) is 0 Å². The molecule has 0 unspecified atom stereocenters. The van der Waals surface area contributed by atoms with Gasteiger partial charge < -0.3 is 5.21 Å². The zero-order valence-electron chi connectivity index (χ0n) is 19.9. The molecule has 0 aromatic heterocycles. The molecule has 0 aromatic rings.